The second-order valence-corrected chi connectivity index (χ2v) is 7.45. The molecule has 0 bridgehead atoms. The second kappa shape index (κ2) is 6.44. The standard InChI is InChI=1S/C17H16F2N2O3S/c1-11(22)21-8-7-12-5-6-14(9-13(12)10-21)20-25(23,24)17-15(18)3-2-4-16(17)19/h2-6,9,20H,7-8,10H2,1H3. The van der Waals surface area contributed by atoms with Crippen LogP contribution in [0, 0.1) is 11.6 Å². The van der Waals surface area contributed by atoms with E-state index in [1.807, 2.05) is 0 Å². The summed E-state index contributed by atoms with van der Waals surface area (Å²) >= 11 is 0. The molecule has 0 unspecified atom stereocenters. The van der Waals surface area contributed by atoms with Gasteiger partial charge in [0, 0.05) is 25.7 Å². The third-order valence-corrected chi connectivity index (χ3v) is 5.54. The van der Waals surface area contributed by atoms with Crippen LogP contribution < -0.4 is 4.72 Å². The predicted molar refractivity (Wildman–Crippen MR) is 88.4 cm³/mol. The predicted octanol–water partition coefficient (Wildman–Crippen LogP) is 2.67. The van der Waals surface area contributed by atoms with E-state index in [0.29, 0.717) is 19.5 Å². The van der Waals surface area contributed by atoms with Crippen molar-refractivity contribution in [3.05, 3.63) is 59.2 Å². The number of anilines is 1. The Balaban J connectivity index is 1.91. The molecule has 0 radical (unpaired) electrons. The highest BCUT2D eigenvalue weighted by Gasteiger charge is 2.25. The number of hydrogen-bond acceptors (Lipinski definition) is 3. The molecule has 25 heavy (non-hydrogen) atoms. The van der Waals surface area contributed by atoms with E-state index in [-0.39, 0.29) is 11.6 Å². The van der Waals surface area contributed by atoms with Crippen LogP contribution in [0.4, 0.5) is 14.5 Å². The number of nitrogens with zero attached hydrogens (tertiary/aromatic N) is 1. The van der Waals surface area contributed by atoms with E-state index in [0.717, 1.165) is 29.3 Å². The molecule has 8 heteroatoms. The molecule has 1 amide bonds. The number of nitrogens with one attached hydrogen (secondary N) is 1. The van der Waals surface area contributed by atoms with Gasteiger partial charge >= 0.3 is 0 Å². The Labute approximate surface area is 144 Å². The summed E-state index contributed by atoms with van der Waals surface area (Å²) in [7, 11) is -4.41. The summed E-state index contributed by atoms with van der Waals surface area (Å²) in [4.78, 5) is 12.1. The summed E-state index contributed by atoms with van der Waals surface area (Å²) in [5, 5.41) is 0. The van der Waals surface area contributed by atoms with Crippen LogP contribution in [0.15, 0.2) is 41.3 Å². The zero-order valence-corrected chi connectivity index (χ0v) is 14.2. The smallest absolute Gasteiger partial charge is 0.267 e. The summed E-state index contributed by atoms with van der Waals surface area (Å²) in [5.74, 6) is -2.38. The first-order valence-corrected chi connectivity index (χ1v) is 9.10. The zero-order chi connectivity index (χ0) is 18.2. The number of benzene rings is 2. The highest BCUT2D eigenvalue weighted by molar-refractivity contribution is 7.92. The number of halogens is 2. The molecule has 1 aliphatic heterocycles. The van der Waals surface area contributed by atoms with E-state index >= 15 is 0 Å². The summed E-state index contributed by atoms with van der Waals surface area (Å²) in [6.07, 6.45) is 0.671. The number of carbonyl (C=O) groups is 1. The molecule has 0 spiro atoms. The van der Waals surface area contributed by atoms with Crippen molar-refractivity contribution < 1.29 is 22.0 Å². The van der Waals surface area contributed by atoms with Crippen LogP contribution in [0.5, 0.6) is 0 Å². The van der Waals surface area contributed by atoms with Gasteiger partial charge < -0.3 is 4.90 Å². The molecule has 0 fully saturated rings. The van der Waals surface area contributed by atoms with Gasteiger partial charge in [-0.15, -0.1) is 0 Å². The minimum absolute atomic E-state index is 0.0648. The van der Waals surface area contributed by atoms with Crippen molar-refractivity contribution in [1.29, 1.82) is 0 Å². The fraction of sp³-hybridized carbons (Fsp3) is 0.235. The van der Waals surface area contributed by atoms with Gasteiger partial charge in [0.25, 0.3) is 10.0 Å². The molecule has 1 heterocycles. The third kappa shape index (κ3) is 3.48. The van der Waals surface area contributed by atoms with Gasteiger partial charge in [-0.05, 0) is 41.8 Å². The topological polar surface area (TPSA) is 66.5 Å². The van der Waals surface area contributed by atoms with Crippen LogP contribution >= 0.6 is 0 Å². The van der Waals surface area contributed by atoms with Crippen molar-refractivity contribution in [2.75, 3.05) is 11.3 Å². The van der Waals surface area contributed by atoms with Crippen molar-refractivity contribution in [1.82, 2.24) is 4.90 Å². The molecule has 2 aromatic rings. The molecule has 132 valence electrons. The first kappa shape index (κ1) is 17.3. The number of hydrogen-bond donors (Lipinski definition) is 1. The van der Waals surface area contributed by atoms with Gasteiger partial charge in [-0.1, -0.05) is 12.1 Å². The van der Waals surface area contributed by atoms with E-state index < -0.39 is 26.6 Å². The van der Waals surface area contributed by atoms with Crippen LogP contribution in [-0.4, -0.2) is 25.8 Å². The summed E-state index contributed by atoms with van der Waals surface area (Å²) in [6.45, 7) is 2.45. The van der Waals surface area contributed by atoms with Crippen molar-refractivity contribution in [2.24, 2.45) is 0 Å². The Morgan fingerprint density at radius 1 is 1.12 bits per heavy atom. The van der Waals surface area contributed by atoms with Crippen LogP contribution in [0.2, 0.25) is 0 Å². The molecule has 1 aliphatic rings. The van der Waals surface area contributed by atoms with Gasteiger partial charge in [-0.25, -0.2) is 17.2 Å². The third-order valence-electron chi connectivity index (χ3n) is 4.10. The van der Waals surface area contributed by atoms with Crippen LogP contribution in [0.3, 0.4) is 0 Å². The maximum atomic E-state index is 13.8. The molecule has 0 aliphatic carbocycles. The largest absolute Gasteiger partial charge is 0.338 e. The first-order chi connectivity index (χ1) is 11.8. The normalized spacial score (nSPS) is 14.1. The van der Waals surface area contributed by atoms with Gasteiger partial charge in [-0.3, -0.25) is 9.52 Å². The van der Waals surface area contributed by atoms with E-state index in [9.17, 15) is 22.0 Å². The minimum atomic E-state index is -4.41. The maximum Gasteiger partial charge on any atom is 0.267 e. The van der Waals surface area contributed by atoms with Gasteiger partial charge in [0.1, 0.15) is 11.6 Å². The van der Waals surface area contributed by atoms with Crippen LogP contribution in [0.25, 0.3) is 0 Å². The maximum absolute atomic E-state index is 13.8. The quantitative estimate of drug-likeness (QED) is 0.908. The number of sulfonamides is 1. The molecule has 5 nitrogen and oxygen atoms in total. The van der Waals surface area contributed by atoms with Crippen LogP contribution in [-0.2, 0) is 27.8 Å². The Morgan fingerprint density at radius 3 is 2.44 bits per heavy atom. The number of carbonyl (C=O) groups excluding carboxylic acids is 1. The highest BCUT2D eigenvalue weighted by Crippen LogP contribution is 2.26. The van der Waals surface area contributed by atoms with E-state index in [4.69, 9.17) is 0 Å². The SMILES string of the molecule is CC(=O)N1CCc2ccc(NS(=O)(=O)c3c(F)cccc3F)cc2C1. The molecule has 3 rings (SSSR count). The van der Waals surface area contributed by atoms with Crippen molar-refractivity contribution in [3.63, 3.8) is 0 Å². The van der Waals surface area contributed by atoms with Gasteiger partial charge in [0.15, 0.2) is 4.90 Å². The average Bonchev–Trinajstić information content (AvgIpc) is 2.53. The molecule has 2 aromatic carbocycles. The molecule has 0 aromatic heterocycles. The minimum Gasteiger partial charge on any atom is -0.338 e. The molecule has 1 N–H and O–H groups in total. The Bertz CT molecular complexity index is 925. The highest BCUT2D eigenvalue weighted by atomic mass is 32.2. The number of amides is 1. The molecule has 0 saturated heterocycles. The van der Waals surface area contributed by atoms with Gasteiger partial charge in [0.2, 0.25) is 5.91 Å². The zero-order valence-electron chi connectivity index (χ0n) is 13.4. The van der Waals surface area contributed by atoms with E-state index in [1.54, 1.807) is 23.1 Å². The average molecular weight is 366 g/mol. The lowest BCUT2D eigenvalue weighted by atomic mass is 9.99. The molecular formula is C17H16F2N2O3S. The lowest BCUT2D eigenvalue weighted by Crippen LogP contribution is -2.34. The number of rotatable bonds is 3. The first-order valence-electron chi connectivity index (χ1n) is 7.62. The van der Waals surface area contributed by atoms with E-state index in [1.165, 1.54) is 6.92 Å². The van der Waals surface area contributed by atoms with Gasteiger partial charge in [0.05, 0.1) is 0 Å². The van der Waals surface area contributed by atoms with Gasteiger partial charge in [-0.2, -0.15) is 0 Å². The monoisotopic (exact) mass is 366 g/mol. The molecule has 0 saturated carbocycles. The fourth-order valence-corrected chi connectivity index (χ4v) is 4.02. The Morgan fingerprint density at radius 2 is 1.80 bits per heavy atom. The molecule has 0 atom stereocenters. The van der Waals surface area contributed by atoms with Crippen LogP contribution in [0.1, 0.15) is 18.1 Å². The van der Waals surface area contributed by atoms with E-state index in [2.05, 4.69) is 4.72 Å². The lowest BCUT2D eigenvalue weighted by molar-refractivity contribution is -0.129. The molecular weight excluding hydrogens is 350 g/mol. The Kier molecular flexibility index (Phi) is 4.47. The second-order valence-electron chi connectivity index (χ2n) is 5.83. The summed E-state index contributed by atoms with van der Waals surface area (Å²) in [5.41, 5.74) is 2.00. The summed E-state index contributed by atoms with van der Waals surface area (Å²) < 4.78 is 54.4. The van der Waals surface area contributed by atoms with Crippen molar-refractivity contribution in [2.45, 2.75) is 24.8 Å². The Hall–Kier alpha value is -2.48. The lowest BCUT2D eigenvalue weighted by Gasteiger charge is -2.28. The number of fused-ring (bicyclic) bond motifs is 1. The summed E-state index contributed by atoms with van der Waals surface area (Å²) in [6, 6.07) is 7.74. The van der Waals surface area contributed by atoms with Crippen molar-refractivity contribution >= 4 is 21.6 Å². The van der Waals surface area contributed by atoms with Crippen molar-refractivity contribution in [3.8, 4) is 0 Å². The fourth-order valence-electron chi connectivity index (χ4n) is 2.83.